The van der Waals surface area contributed by atoms with Gasteiger partial charge in [0.1, 0.15) is 36.8 Å². The van der Waals surface area contributed by atoms with Crippen molar-refractivity contribution >= 4 is 11.8 Å². The third kappa shape index (κ3) is 4.74. The lowest BCUT2D eigenvalue weighted by Crippen LogP contribution is -2.59. The number of hydrogen-bond donors (Lipinski definition) is 7. The van der Waals surface area contributed by atoms with E-state index in [-0.39, 0.29) is 41.1 Å². The van der Waals surface area contributed by atoms with Crippen molar-refractivity contribution in [3.05, 3.63) is 47.0 Å². The van der Waals surface area contributed by atoms with Crippen molar-refractivity contribution in [2.45, 2.75) is 49.7 Å². The maximum Gasteiger partial charge on any atom is 0.338 e. The van der Waals surface area contributed by atoms with Crippen LogP contribution < -0.4 is 0 Å². The van der Waals surface area contributed by atoms with Crippen LogP contribution in [0.4, 0.5) is 0 Å². The maximum atomic E-state index is 12.3. The van der Waals surface area contributed by atoms with E-state index in [1.165, 1.54) is 18.2 Å². The number of carbonyl (C=O) groups is 2. The minimum Gasteiger partial charge on any atom is -0.508 e. The first-order chi connectivity index (χ1) is 16.6. The molecule has 1 saturated heterocycles. The topological polar surface area (TPSA) is 203 Å². The molecule has 0 amide bonds. The number of phenols is 4. The van der Waals surface area contributed by atoms with Gasteiger partial charge in [-0.15, -0.1) is 0 Å². The third-order valence-electron chi connectivity index (χ3n) is 5.99. The van der Waals surface area contributed by atoms with Gasteiger partial charge in [0.2, 0.25) is 0 Å². The lowest BCUT2D eigenvalue weighted by molar-refractivity contribution is -0.312. The molecule has 6 atom stereocenters. The van der Waals surface area contributed by atoms with Crippen LogP contribution in [-0.2, 0) is 14.2 Å². The van der Waals surface area contributed by atoms with Gasteiger partial charge in [-0.25, -0.2) is 4.79 Å². The summed E-state index contributed by atoms with van der Waals surface area (Å²) in [5.41, 5.74) is 0.170. The van der Waals surface area contributed by atoms with E-state index in [2.05, 4.69) is 0 Å². The smallest absolute Gasteiger partial charge is 0.338 e. The number of benzene rings is 2. The Bertz CT molecular complexity index is 1110. The molecule has 1 aliphatic heterocycles. The Morgan fingerprint density at radius 1 is 0.971 bits per heavy atom. The molecule has 1 fully saturated rings. The highest BCUT2D eigenvalue weighted by Gasteiger charge is 2.46. The largest absolute Gasteiger partial charge is 0.508 e. The van der Waals surface area contributed by atoms with Crippen molar-refractivity contribution in [2.75, 3.05) is 6.61 Å². The zero-order chi connectivity index (χ0) is 25.4. The molecular formula is C23H24O12. The Hall–Kier alpha value is -3.42. The second-order valence-electron chi connectivity index (χ2n) is 8.30. The van der Waals surface area contributed by atoms with Gasteiger partial charge in [0.05, 0.1) is 11.7 Å². The van der Waals surface area contributed by atoms with Crippen LogP contribution in [0.2, 0.25) is 0 Å². The van der Waals surface area contributed by atoms with Gasteiger partial charge >= 0.3 is 5.97 Å². The molecule has 188 valence electrons. The Balaban J connectivity index is 1.47. The average Bonchev–Trinajstić information content (AvgIpc) is 2.83. The quantitative estimate of drug-likeness (QED) is 0.221. The normalized spacial score (nSPS) is 28.4. The number of aliphatic hydroxyl groups is 3. The first-order valence-corrected chi connectivity index (χ1v) is 10.7. The van der Waals surface area contributed by atoms with Gasteiger partial charge in [0.15, 0.2) is 29.3 Å². The Labute approximate surface area is 198 Å². The zero-order valence-corrected chi connectivity index (χ0v) is 18.1. The van der Waals surface area contributed by atoms with Gasteiger partial charge in [-0.05, 0) is 24.6 Å². The first kappa shape index (κ1) is 24.7. The highest BCUT2D eigenvalue weighted by atomic mass is 16.7. The molecule has 6 unspecified atom stereocenters. The van der Waals surface area contributed by atoms with E-state index in [0.717, 1.165) is 12.1 Å². The molecule has 0 bridgehead atoms. The van der Waals surface area contributed by atoms with Crippen molar-refractivity contribution in [1.82, 2.24) is 0 Å². The molecule has 0 saturated carbocycles. The molecule has 7 N–H and O–H groups in total. The van der Waals surface area contributed by atoms with E-state index in [4.69, 9.17) is 14.2 Å². The van der Waals surface area contributed by atoms with Crippen LogP contribution in [-0.4, -0.2) is 84.8 Å². The van der Waals surface area contributed by atoms with Crippen LogP contribution in [0.15, 0.2) is 30.3 Å². The Kier molecular flexibility index (Phi) is 6.83. The molecule has 35 heavy (non-hydrogen) atoms. The summed E-state index contributed by atoms with van der Waals surface area (Å²) < 4.78 is 16.4. The highest BCUT2D eigenvalue weighted by molar-refractivity contribution is 5.99. The summed E-state index contributed by atoms with van der Waals surface area (Å²) in [5, 5.41) is 69.7. The highest BCUT2D eigenvalue weighted by Crippen LogP contribution is 2.40. The van der Waals surface area contributed by atoms with Crippen LogP contribution in [0.3, 0.4) is 0 Å². The minimum atomic E-state index is -1.74. The summed E-state index contributed by atoms with van der Waals surface area (Å²) >= 11 is 0. The predicted molar refractivity (Wildman–Crippen MR) is 114 cm³/mol. The molecule has 1 heterocycles. The summed E-state index contributed by atoms with van der Waals surface area (Å²) in [6.45, 7) is -0.614. The second kappa shape index (κ2) is 9.68. The lowest BCUT2D eigenvalue weighted by atomic mass is 9.87. The summed E-state index contributed by atoms with van der Waals surface area (Å²) in [6.07, 6.45) is -8.56. The molecule has 2 aromatic rings. The van der Waals surface area contributed by atoms with Gasteiger partial charge in [-0.2, -0.15) is 0 Å². The summed E-state index contributed by atoms with van der Waals surface area (Å²) in [5.74, 6) is -3.75. The van der Waals surface area contributed by atoms with Gasteiger partial charge in [0, 0.05) is 17.5 Å². The first-order valence-electron chi connectivity index (χ1n) is 10.7. The predicted octanol–water partition coefficient (Wildman–Crippen LogP) is 0.208. The Morgan fingerprint density at radius 3 is 2.34 bits per heavy atom. The van der Waals surface area contributed by atoms with E-state index in [1.807, 2.05) is 0 Å². The number of carbonyl (C=O) groups excluding carboxylic acids is 2. The molecule has 4 rings (SSSR count). The van der Waals surface area contributed by atoms with Crippen LogP contribution in [0.1, 0.15) is 45.2 Å². The number of fused-ring (bicyclic) bond motifs is 1. The number of Topliss-reactive ketones (excluding diaryl/α,β-unsaturated/α-hetero) is 1. The monoisotopic (exact) mass is 492 g/mol. The number of phenolic OH excluding ortho intramolecular Hbond substituents is 4. The SMILES string of the molecule is O=C(OCC1OC(OC2CCC(=O)c3cccc(O)c32)C(O)C(O)C1O)c1cc(O)c(O)c(O)c1. The summed E-state index contributed by atoms with van der Waals surface area (Å²) in [4.78, 5) is 24.5. The standard InChI is InChI=1S/C23H24O12/c24-11-4-5-15(17-10(11)2-1-3-12(17)25)34-23-21(31)20(30)19(29)16(35-23)8-33-22(32)9-6-13(26)18(28)14(27)7-9/h1-3,6-7,15-16,19-21,23,25-31H,4-5,8H2. The molecule has 0 aromatic heterocycles. The van der Waals surface area contributed by atoms with Crippen LogP contribution >= 0.6 is 0 Å². The van der Waals surface area contributed by atoms with E-state index < -0.39 is 66.6 Å². The number of ketones is 1. The Morgan fingerprint density at radius 2 is 1.66 bits per heavy atom. The minimum absolute atomic E-state index is 0.114. The fraction of sp³-hybridized carbons (Fsp3) is 0.391. The van der Waals surface area contributed by atoms with Crippen molar-refractivity contribution < 1.29 is 59.5 Å². The molecule has 12 nitrogen and oxygen atoms in total. The number of aromatic hydroxyl groups is 4. The number of aliphatic hydroxyl groups excluding tert-OH is 3. The molecule has 0 radical (unpaired) electrons. The van der Waals surface area contributed by atoms with E-state index in [9.17, 15) is 45.3 Å². The molecule has 0 spiro atoms. The molecule has 2 aliphatic rings. The van der Waals surface area contributed by atoms with Crippen LogP contribution in [0, 0.1) is 0 Å². The summed E-state index contributed by atoms with van der Waals surface area (Å²) in [7, 11) is 0. The molecule has 12 heteroatoms. The fourth-order valence-electron chi connectivity index (χ4n) is 4.10. The number of ether oxygens (including phenoxy) is 3. The lowest BCUT2D eigenvalue weighted by Gasteiger charge is -2.41. The van der Waals surface area contributed by atoms with Gasteiger partial charge in [-0.1, -0.05) is 12.1 Å². The zero-order valence-electron chi connectivity index (χ0n) is 18.1. The van der Waals surface area contributed by atoms with Crippen LogP contribution in [0.5, 0.6) is 23.0 Å². The number of hydrogen-bond acceptors (Lipinski definition) is 12. The van der Waals surface area contributed by atoms with Gasteiger partial charge < -0.3 is 50.0 Å². The maximum absolute atomic E-state index is 12.3. The van der Waals surface area contributed by atoms with Gasteiger partial charge in [-0.3, -0.25) is 4.79 Å². The van der Waals surface area contributed by atoms with E-state index >= 15 is 0 Å². The van der Waals surface area contributed by atoms with Crippen molar-refractivity contribution in [1.29, 1.82) is 0 Å². The average molecular weight is 492 g/mol. The third-order valence-corrected chi connectivity index (χ3v) is 5.99. The van der Waals surface area contributed by atoms with Crippen molar-refractivity contribution in [3.63, 3.8) is 0 Å². The van der Waals surface area contributed by atoms with Crippen molar-refractivity contribution in [2.24, 2.45) is 0 Å². The van der Waals surface area contributed by atoms with E-state index in [1.54, 1.807) is 0 Å². The van der Waals surface area contributed by atoms with Gasteiger partial charge in [0.25, 0.3) is 0 Å². The van der Waals surface area contributed by atoms with Crippen LogP contribution in [0.25, 0.3) is 0 Å². The van der Waals surface area contributed by atoms with Crippen molar-refractivity contribution in [3.8, 4) is 23.0 Å². The molecule has 2 aromatic carbocycles. The number of esters is 1. The summed E-state index contributed by atoms with van der Waals surface area (Å²) in [6, 6.07) is 6.14. The molecular weight excluding hydrogens is 468 g/mol. The fourth-order valence-corrected chi connectivity index (χ4v) is 4.10. The molecule has 1 aliphatic carbocycles. The second-order valence-corrected chi connectivity index (χ2v) is 8.30. The number of rotatable bonds is 5. The van der Waals surface area contributed by atoms with E-state index in [0.29, 0.717) is 0 Å².